The molecule has 3 nitrogen and oxygen atoms in total. The van der Waals surface area contributed by atoms with Crippen molar-refractivity contribution in [2.75, 3.05) is 7.11 Å². The quantitative estimate of drug-likeness (QED) is 0.726. The minimum absolute atomic E-state index is 0.555. The van der Waals surface area contributed by atoms with Gasteiger partial charge in [0.1, 0.15) is 6.73 Å². The second-order valence-electron chi connectivity index (χ2n) is 3.56. The number of fused-ring (bicyclic) bond motifs is 1. The molecule has 0 aliphatic rings. The summed E-state index contributed by atoms with van der Waals surface area (Å²) in [5.41, 5.74) is 4.73. The minimum atomic E-state index is 0.555. The van der Waals surface area contributed by atoms with E-state index in [9.17, 15) is 0 Å². The highest BCUT2D eigenvalue weighted by molar-refractivity contribution is 5.77. The zero-order valence-electron chi connectivity index (χ0n) is 8.74. The van der Waals surface area contributed by atoms with Gasteiger partial charge in [-0.05, 0) is 37.1 Å². The topological polar surface area (TPSA) is 27.1 Å². The molecule has 74 valence electrons. The van der Waals surface area contributed by atoms with E-state index in [2.05, 4.69) is 31.0 Å². The first-order chi connectivity index (χ1) is 6.72. The zero-order chi connectivity index (χ0) is 10.1. The summed E-state index contributed by atoms with van der Waals surface area (Å²) in [6.45, 7) is 4.77. The Morgan fingerprint density at radius 3 is 2.71 bits per heavy atom. The normalized spacial score (nSPS) is 11.1. The van der Waals surface area contributed by atoms with Gasteiger partial charge in [0.05, 0.1) is 17.4 Å². The van der Waals surface area contributed by atoms with Crippen LogP contribution < -0.4 is 0 Å². The molecule has 0 amide bonds. The molecule has 14 heavy (non-hydrogen) atoms. The number of methoxy groups -OCH3 is 1. The van der Waals surface area contributed by atoms with Crippen LogP contribution in [0.1, 0.15) is 11.1 Å². The zero-order valence-corrected chi connectivity index (χ0v) is 8.74. The van der Waals surface area contributed by atoms with E-state index in [1.165, 1.54) is 11.1 Å². The van der Waals surface area contributed by atoms with Gasteiger partial charge in [0.25, 0.3) is 0 Å². The first-order valence-corrected chi connectivity index (χ1v) is 4.63. The van der Waals surface area contributed by atoms with Gasteiger partial charge in [-0.25, -0.2) is 4.98 Å². The standard InChI is InChI=1S/C11H14N2O/c1-8-4-10-11(5-9(8)2)13(6-12-10)7-14-3/h4-6H,7H2,1-3H3. The fourth-order valence-electron chi connectivity index (χ4n) is 1.56. The molecule has 0 bridgehead atoms. The number of rotatable bonds is 2. The Kier molecular flexibility index (Phi) is 2.25. The first kappa shape index (κ1) is 9.21. The largest absolute Gasteiger partial charge is 0.364 e. The molecule has 0 N–H and O–H groups in total. The molecule has 1 aromatic heterocycles. The number of aromatic nitrogens is 2. The Labute approximate surface area is 83.3 Å². The van der Waals surface area contributed by atoms with Gasteiger partial charge in [0, 0.05) is 7.11 Å². The number of hydrogen-bond acceptors (Lipinski definition) is 2. The lowest BCUT2D eigenvalue weighted by atomic mass is 10.1. The second kappa shape index (κ2) is 3.42. The molecular weight excluding hydrogens is 176 g/mol. The van der Waals surface area contributed by atoms with Crippen LogP contribution in [0.3, 0.4) is 0 Å². The average Bonchev–Trinajstić information content (AvgIpc) is 2.51. The van der Waals surface area contributed by atoms with Gasteiger partial charge in [-0.2, -0.15) is 0 Å². The molecule has 0 spiro atoms. The Bertz CT molecular complexity index is 460. The van der Waals surface area contributed by atoms with Gasteiger partial charge in [-0.1, -0.05) is 0 Å². The number of ether oxygens (including phenoxy) is 1. The Morgan fingerprint density at radius 2 is 2.00 bits per heavy atom. The molecule has 0 saturated heterocycles. The summed E-state index contributed by atoms with van der Waals surface area (Å²) in [5.74, 6) is 0. The van der Waals surface area contributed by atoms with Crippen LogP contribution in [0.25, 0.3) is 11.0 Å². The maximum atomic E-state index is 5.09. The Balaban J connectivity index is 2.61. The summed E-state index contributed by atoms with van der Waals surface area (Å²) < 4.78 is 7.09. The highest BCUT2D eigenvalue weighted by Gasteiger charge is 2.03. The predicted molar refractivity (Wildman–Crippen MR) is 56.2 cm³/mol. The number of benzene rings is 1. The van der Waals surface area contributed by atoms with Crippen molar-refractivity contribution in [3.05, 3.63) is 29.6 Å². The highest BCUT2D eigenvalue weighted by atomic mass is 16.5. The van der Waals surface area contributed by atoms with E-state index in [0.29, 0.717) is 6.73 Å². The van der Waals surface area contributed by atoms with Crippen molar-refractivity contribution in [3.63, 3.8) is 0 Å². The number of imidazole rings is 1. The lowest BCUT2D eigenvalue weighted by molar-refractivity contribution is 0.134. The van der Waals surface area contributed by atoms with Crippen LogP contribution in [0.15, 0.2) is 18.5 Å². The summed E-state index contributed by atoms with van der Waals surface area (Å²) in [4.78, 5) is 4.32. The van der Waals surface area contributed by atoms with Gasteiger partial charge in [-0.3, -0.25) is 0 Å². The maximum Gasteiger partial charge on any atom is 0.123 e. The van der Waals surface area contributed by atoms with Crippen molar-refractivity contribution >= 4 is 11.0 Å². The number of nitrogens with zero attached hydrogens (tertiary/aromatic N) is 2. The van der Waals surface area contributed by atoms with Crippen molar-refractivity contribution in [2.45, 2.75) is 20.6 Å². The van der Waals surface area contributed by atoms with Gasteiger partial charge in [0.15, 0.2) is 0 Å². The lowest BCUT2D eigenvalue weighted by Crippen LogP contribution is -1.97. The van der Waals surface area contributed by atoms with Crippen molar-refractivity contribution in [1.29, 1.82) is 0 Å². The summed E-state index contributed by atoms with van der Waals surface area (Å²) in [6.07, 6.45) is 1.81. The van der Waals surface area contributed by atoms with E-state index >= 15 is 0 Å². The minimum Gasteiger partial charge on any atom is -0.364 e. The molecule has 0 radical (unpaired) electrons. The SMILES string of the molecule is COCn1cnc2cc(C)c(C)cc21. The van der Waals surface area contributed by atoms with Crippen LogP contribution in [-0.4, -0.2) is 16.7 Å². The lowest BCUT2D eigenvalue weighted by Gasteiger charge is -2.04. The van der Waals surface area contributed by atoms with E-state index in [1.807, 2.05) is 10.9 Å². The molecular formula is C11H14N2O. The smallest absolute Gasteiger partial charge is 0.123 e. The average molecular weight is 190 g/mol. The van der Waals surface area contributed by atoms with Gasteiger partial charge < -0.3 is 9.30 Å². The molecule has 0 fully saturated rings. The first-order valence-electron chi connectivity index (χ1n) is 4.63. The third-order valence-electron chi connectivity index (χ3n) is 2.50. The van der Waals surface area contributed by atoms with E-state index in [1.54, 1.807) is 7.11 Å². The molecule has 0 atom stereocenters. The molecule has 1 aromatic carbocycles. The monoisotopic (exact) mass is 190 g/mol. The van der Waals surface area contributed by atoms with Crippen molar-refractivity contribution in [2.24, 2.45) is 0 Å². The van der Waals surface area contributed by atoms with Gasteiger partial charge >= 0.3 is 0 Å². The summed E-state index contributed by atoms with van der Waals surface area (Å²) in [7, 11) is 1.69. The molecule has 2 aromatic rings. The van der Waals surface area contributed by atoms with E-state index in [-0.39, 0.29) is 0 Å². The summed E-state index contributed by atoms with van der Waals surface area (Å²) >= 11 is 0. The Morgan fingerprint density at radius 1 is 1.29 bits per heavy atom. The fraction of sp³-hybridized carbons (Fsp3) is 0.364. The third kappa shape index (κ3) is 1.40. The van der Waals surface area contributed by atoms with E-state index in [0.717, 1.165) is 11.0 Å². The molecule has 0 unspecified atom stereocenters. The predicted octanol–water partition coefficient (Wildman–Crippen LogP) is 2.26. The highest BCUT2D eigenvalue weighted by Crippen LogP contribution is 2.18. The molecule has 3 heteroatoms. The van der Waals surface area contributed by atoms with E-state index < -0.39 is 0 Å². The van der Waals surface area contributed by atoms with Crippen LogP contribution in [0.2, 0.25) is 0 Å². The fourth-order valence-corrected chi connectivity index (χ4v) is 1.56. The molecule has 0 saturated carbocycles. The number of aryl methyl sites for hydroxylation is 2. The van der Waals surface area contributed by atoms with Crippen LogP contribution in [0.5, 0.6) is 0 Å². The van der Waals surface area contributed by atoms with Gasteiger partial charge in [0.2, 0.25) is 0 Å². The maximum absolute atomic E-state index is 5.09. The molecule has 1 heterocycles. The molecule has 0 aliphatic carbocycles. The van der Waals surface area contributed by atoms with Crippen molar-refractivity contribution < 1.29 is 4.74 Å². The van der Waals surface area contributed by atoms with Crippen molar-refractivity contribution in [1.82, 2.24) is 9.55 Å². The second-order valence-corrected chi connectivity index (χ2v) is 3.56. The van der Waals surface area contributed by atoms with E-state index in [4.69, 9.17) is 4.74 Å². The van der Waals surface area contributed by atoms with Crippen LogP contribution in [0, 0.1) is 13.8 Å². The Hall–Kier alpha value is -1.35. The van der Waals surface area contributed by atoms with Crippen molar-refractivity contribution in [3.8, 4) is 0 Å². The van der Waals surface area contributed by atoms with Crippen LogP contribution in [-0.2, 0) is 11.5 Å². The summed E-state index contributed by atoms with van der Waals surface area (Å²) in [5, 5.41) is 0. The van der Waals surface area contributed by atoms with Crippen LogP contribution in [0.4, 0.5) is 0 Å². The van der Waals surface area contributed by atoms with Crippen LogP contribution >= 0.6 is 0 Å². The summed E-state index contributed by atoms with van der Waals surface area (Å²) in [6, 6.07) is 4.26. The van der Waals surface area contributed by atoms with Gasteiger partial charge in [-0.15, -0.1) is 0 Å². The molecule has 2 rings (SSSR count). The molecule has 0 aliphatic heterocycles. The third-order valence-corrected chi connectivity index (χ3v) is 2.50. The number of hydrogen-bond donors (Lipinski definition) is 0.